The minimum absolute atomic E-state index is 0.00306. The number of rotatable bonds is 7. The van der Waals surface area contributed by atoms with Gasteiger partial charge in [-0.15, -0.1) is 17.9 Å². The van der Waals surface area contributed by atoms with Crippen molar-refractivity contribution in [3.8, 4) is 0 Å². The third-order valence-electron chi connectivity index (χ3n) is 3.79. The molecule has 1 heterocycles. The number of nitrogens with one attached hydrogen (secondary N) is 2. The third-order valence-corrected chi connectivity index (χ3v) is 4.82. The Morgan fingerprint density at radius 3 is 2.70 bits per heavy atom. The molecule has 2 N–H and O–H groups in total. The zero-order valence-corrected chi connectivity index (χ0v) is 14.7. The lowest BCUT2D eigenvalue weighted by molar-refractivity contribution is -0.122. The first-order valence-electron chi connectivity index (χ1n) is 7.65. The summed E-state index contributed by atoms with van der Waals surface area (Å²) in [6.07, 6.45) is 1.69. The van der Waals surface area contributed by atoms with Crippen molar-refractivity contribution in [3.05, 3.63) is 58.6 Å². The molecule has 23 heavy (non-hydrogen) atoms. The molecule has 0 saturated carbocycles. The summed E-state index contributed by atoms with van der Waals surface area (Å²) < 4.78 is 0. The Bertz CT molecular complexity index is 674. The van der Waals surface area contributed by atoms with Gasteiger partial charge in [0.15, 0.2) is 5.13 Å². The van der Waals surface area contributed by atoms with E-state index in [0.29, 0.717) is 13.1 Å². The molecule has 0 aliphatic rings. The highest BCUT2D eigenvalue weighted by molar-refractivity contribution is 7.15. The topological polar surface area (TPSA) is 54.0 Å². The van der Waals surface area contributed by atoms with Crippen molar-refractivity contribution < 1.29 is 4.79 Å². The molecule has 0 aliphatic heterocycles. The molecule has 0 spiro atoms. The molecule has 2 aromatic rings. The Morgan fingerprint density at radius 2 is 2.09 bits per heavy atom. The molecule has 5 heteroatoms. The molecule has 1 atom stereocenters. The lowest BCUT2D eigenvalue weighted by Crippen LogP contribution is -2.33. The highest BCUT2D eigenvalue weighted by Gasteiger charge is 2.22. The molecule has 0 radical (unpaired) electrons. The molecule has 0 bridgehead atoms. The molecular weight excluding hydrogens is 306 g/mol. The van der Waals surface area contributed by atoms with Crippen LogP contribution in [-0.2, 0) is 4.79 Å². The molecule has 0 aliphatic carbocycles. The zero-order chi connectivity index (χ0) is 16.8. The summed E-state index contributed by atoms with van der Waals surface area (Å²) in [4.78, 5) is 18.2. The number of carbonyl (C=O) groups is 1. The minimum Gasteiger partial charge on any atom is -0.360 e. The number of hydrogen-bond donors (Lipinski definition) is 2. The highest BCUT2D eigenvalue weighted by atomic mass is 32.1. The monoisotopic (exact) mass is 329 g/mol. The number of carbonyl (C=O) groups excluding carboxylic acids is 1. The molecule has 2 rings (SSSR count). The third kappa shape index (κ3) is 4.42. The van der Waals surface area contributed by atoms with Gasteiger partial charge in [0, 0.05) is 18.0 Å². The van der Waals surface area contributed by atoms with Crippen LogP contribution < -0.4 is 10.6 Å². The Labute approximate surface area is 141 Å². The van der Waals surface area contributed by atoms with E-state index >= 15 is 0 Å². The van der Waals surface area contributed by atoms with E-state index in [1.165, 1.54) is 4.88 Å². The van der Waals surface area contributed by atoms with Crippen LogP contribution >= 0.6 is 11.3 Å². The van der Waals surface area contributed by atoms with Crippen LogP contribution in [0.15, 0.2) is 36.9 Å². The summed E-state index contributed by atoms with van der Waals surface area (Å²) in [5, 5.41) is 7.06. The van der Waals surface area contributed by atoms with Crippen LogP contribution in [0.1, 0.15) is 27.6 Å². The first kappa shape index (κ1) is 17.2. The molecule has 122 valence electrons. The molecule has 0 saturated heterocycles. The number of hydrogen-bond acceptors (Lipinski definition) is 4. The van der Waals surface area contributed by atoms with Gasteiger partial charge in [0.05, 0.1) is 11.6 Å². The normalized spacial score (nSPS) is 11.8. The van der Waals surface area contributed by atoms with E-state index in [9.17, 15) is 4.79 Å². The first-order chi connectivity index (χ1) is 11.0. The zero-order valence-electron chi connectivity index (χ0n) is 13.8. The first-order valence-corrected chi connectivity index (χ1v) is 8.46. The van der Waals surface area contributed by atoms with Gasteiger partial charge in [0.2, 0.25) is 5.91 Å². The van der Waals surface area contributed by atoms with E-state index in [1.807, 2.05) is 45.0 Å². The van der Waals surface area contributed by atoms with Gasteiger partial charge in [-0.05, 0) is 31.9 Å². The van der Waals surface area contributed by atoms with Gasteiger partial charge in [-0.25, -0.2) is 4.98 Å². The molecule has 1 amide bonds. The summed E-state index contributed by atoms with van der Waals surface area (Å²) in [6.45, 7) is 10.7. The van der Waals surface area contributed by atoms with Crippen LogP contribution in [0.25, 0.3) is 0 Å². The number of benzene rings is 1. The summed E-state index contributed by atoms with van der Waals surface area (Å²) in [5.74, 6) is -0.266. The van der Waals surface area contributed by atoms with Crippen LogP contribution in [0.4, 0.5) is 5.13 Å². The van der Waals surface area contributed by atoms with Crippen molar-refractivity contribution in [2.24, 2.45) is 0 Å². The van der Waals surface area contributed by atoms with Gasteiger partial charge in [-0.3, -0.25) is 4.79 Å². The fraction of sp³-hybridized carbons (Fsp3) is 0.333. The number of aromatic nitrogens is 1. The smallest absolute Gasteiger partial charge is 0.229 e. The molecule has 0 fully saturated rings. The van der Waals surface area contributed by atoms with E-state index in [-0.39, 0.29) is 11.8 Å². The Kier molecular flexibility index (Phi) is 5.93. The van der Waals surface area contributed by atoms with Gasteiger partial charge >= 0.3 is 0 Å². The lowest BCUT2D eigenvalue weighted by Gasteiger charge is -2.19. The number of nitrogens with zero attached hydrogens (tertiary/aromatic N) is 1. The van der Waals surface area contributed by atoms with Gasteiger partial charge in [0.25, 0.3) is 0 Å². The maximum absolute atomic E-state index is 12.5. The van der Waals surface area contributed by atoms with E-state index in [4.69, 9.17) is 0 Å². The quantitative estimate of drug-likeness (QED) is 0.764. The summed E-state index contributed by atoms with van der Waals surface area (Å²) in [6, 6.07) is 7.99. The summed E-state index contributed by atoms with van der Waals surface area (Å²) in [7, 11) is 0. The average Bonchev–Trinajstić information content (AvgIpc) is 2.85. The largest absolute Gasteiger partial charge is 0.360 e. The molecular formula is C18H23N3OS. The van der Waals surface area contributed by atoms with Gasteiger partial charge < -0.3 is 10.6 Å². The highest BCUT2D eigenvalue weighted by Crippen LogP contribution is 2.24. The predicted octanol–water partition coefficient (Wildman–Crippen LogP) is 3.57. The predicted molar refractivity (Wildman–Crippen MR) is 97.2 cm³/mol. The lowest BCUT2D eigenvalue weighted by atomic mass is 9.94. The van der Waals surface area contributed by atoms with E-state index in [1.54, 1.807) is 17.4 Å². The van der Waals surface area contributed by atoms with Crippen LogP contribution in [-0.4, -0.2) is 24.0 Å². The van der Waals surface area contributed by atoms with Crippen molar-refractivity contribution in [2.45, 2.75) is 26.7 Å². The molecule has 4 nitrogen and oxygen atoms in total. The fourth-order valence-electron chi connectivity index (χ4n) is 2.36. The average molecular weight is 329 g/mol. The SMILES string of the molecule is C=CCNC(=O)C(CNc1nc(C)c(C)s1)c1ccccc1C. The fourth-order valence-corrected chi connectivity index (χ4v) is 3.18. The Balaban J connectivity index is 2.17. The van der Waals surface area contributed by atoms with E-state index < -0.39 is 0 Å². The van der Waals surface area contributed by atoms with Gasteiger partial charge in [-0.2, -0.15) is 0 Å². The Morgan fingerprint density at radius 1 is 1.35 bits per heavy atom. The van der Waals surface area contributed by atoms with Crippen molar-refractivity contribution >= 4 is 22.4 Å². The number of amides is 1. The van der Waals surface area contributed by atoms with Crippen LogP contribution in [0.5, 0.6) is 0 Å². The second kappa shape index (κ2) is 7.92. The molecule has 1 aromatic carbocycles. The van der Waals surface area contributed by atoms with E-state index in [0.717, 1.165) is 22.0 Å². The summed E-state index contributed by atoms with van der Waals surface area (Å²) >= 11 is 1.62. The van der Waals surface area contributed by atoms with Crippen LogP contribution in [0.3, 0.4) is 0 Å². The second-order valence-electron chi connectivity index (χ2n) is 5.48. The second-order valence-corrected chi connectivity index (χ2v) is 6.69. The van der Waals surface area contributed by atoms with Crippen molar-refractivity contribution in [1.29, 1.82) is 0 Å². The number of thiazole rings is 1. The Hall–Kier alpha value is -2.14. The number of aryl methyl sites for hydroxylation is 3. The van der Waals surface area contributed by atoms with Crippen molar-refractivity contribution in [1.82, 2.24) is 10.3 Å². The number of anilines is 1. The van der Waals surface area contributed by atoms with Crippen LogP contribution in [0.2, 0.25) is 0 Å². The van der Waals surface area contributed by atoms with Crippen molar-refractivity contribution in [3.63, 3.8) is 0 Å². The molecule has 1 aromatic heterocycles. The standard InChI is InChI=1S/C18H23N3OS/c1-5-10-19-17(22)16(15-9-7-6-8-12(15)2)11-20-18-21-13(3)14(4)23-18/h5-9,16H,1,10-11H2,2-4H3,(H,19,22)(H,20,21). The van der Waals surface area contributed by atoms with Gasteiger partial charge in [0.1, 0.15) is 0 Å². The molecule has 1 unspecified atom stereocenters. The minimum atomic E-state index is -0.263. The maximum atomic E-state index is 12.5. The summed E-state index contributed by atoms with van der Waals surface area (Å²) in [5.41, 5.74) is 3.17. The maximum Gasteiger partial charge on any atom is 0.229 e. The van der Waals surface area contributed by atoms with Gasteiger partial charge in [-0.1, -0.05) is 30.3 Å². The van der Waals surface area contributed by atoms with E-state index in [2.05, 4.69) is 22.2 Å². The van der Waals surface area contributed by atoms with Crippen molar-refractivity contribution in [2.75, 3.05) is 18.4 Å². The van der Waals surface area contributed by atoms with Crippen LogP contribution in [0, 0.1) is 20.8 Å².